The van der Waals surface area contributed by atoms with E-state index in [-0.39, 0.29) is 22.3 Å². The number of aliphatic hydroxyl groups is 1. The second kappa shape index (κ2) is 14.6. The molecule has 0 radical (unpaired) electrons. The molecule has 0 aliphatic carbocycles. The number of fused-ring (bicyclic) bond motifs is 4. The van der Waals surface area contributed by atoms with Crippen LogP contribution in [0, 0.1) is 6.07 Å². The Kier molecular flexibility index (Phi) is 12.6. The summed E-state index contributed by atoms with van der Waals surface area (Å²) in [6, 6.07) is 23.0. The van der Waals surface area contributed by atoms with E-state index in [1.807, 2.05) is 0 Å². The molecule has 0 spiro atoms. The number of pyridine rings is 2. The molecule has 4 rings (SSSR count). The Bertz CT molecular complexity index is 899. The molecule has 6 heteroatoms. The number of aliphatic hydroxyl groups excluding tert-OH is 1. The van der Waals surface area contributed by atoms with Gasteiger partial charge in [-0.2, -0.15) is 30.3 Å². The first-order valence-electron chi connectivity index (χ1n) is 10.6. The first kappa shape index (κ1) is 27.6. The summed E-state index contributed by atoms with van der Waals surface area (Å²) in [5.74, 6) is 0.101. The normalized spacial score (nSPS) is 12.7. The van der Waals surface area contributed by atoms with E-state index in [1.165, 1.54) is 11.4 Å². The number of aromatic nitrogens is 2. The van der Waals surface area contributed by atoms with Crippen molar-refractivity contribution in [1.29, 1.82) is 0 Å². The van der Waals surface area contributed by atoms with E-state index >= 15 is 0 Å². The molecule has 3 heterocycles. The molecule has 2 aromatic heterocycles. The molecule has 1 aliphatic rings. The van der Waals surface area contributed by atoms with Crippen molar-refractivity contribution in [3.8, 4) is 0 Å². The zero-order valence-corrected chi connectivity index (χ0v) is 20.2. The van der Waals surface area contributed by atoms with E-state index in [0.717, 1.165) is 50.0 Å². The fourth-order valence-electron chi connectivity index (χ4n) is 3.23. The Morgan fingerprint density at radius 2 is 1.31 bits per heavy atom. The summed E-state index contributed by atoms with van der Waals surface area (Å²) in [4.78, 5) is 22.6. The van der Waals surface area contributed by atoms with Crippen molar-refractivity contribution in [1.82, 2.24) is 14.9 Å². The number of benzene rings is 1. The van der Waals surface area contributed by atoms with Gasteiger partial charge >= 0.3 is 16.5 Å². The van der Waals surface area contributed by atoms with Crippen LogP contribution < -0.4 is 0 Å². The molecule has 1 aromatic carbocycles. The molecule has 0 fully saturated rings. The zero-order valence-electron chi connectivity index (χ0n) is 19.2. The van der Waals surface area contributed by atoms with Crippen LogP contribution in [0.2, 0.25) is 0 Å². The minimum Gasteiger partial charge on any atom is -0.400 e. The monoisotopic (exact) mass is 476 g/mol. The maximum absolute atomic E-state index is 10.6. The van der Waals surface area contributed by atoms with Gasteiger partial charge in [-0.1, -0.05) is 17.7 Å². The molecule has 0 saturated heterocycles. The third-order valence-electron chi connectivity index (χ3n) is 4.95. The molecule has 1 N–H and O–H groups in total. The van der Waals surface area contributed by atoms with Crippen LogP contribution in [0.5, 0.6) is 0 Å². The maximum Gasteiger partial charge on any atom is 2.00 e. The zero-order chi connectivity index (χ0) is 22.6. The third-order valence-corrected chi connectivity index (χ3v) is 4.95. The molecule has 5 nitrogen and oxygen atoms in total. The van der Waals surface area contributed by atoms with E-state index in [9.17, 15) is 4.79 Å². The number of nitrogens with zero attached hydrogens (tertiary/aromatic N) is 3. The minimum absolute atomic E-state index is 0. The standard InChI is InChI=1S/C17H21N3.C8H7O.CH4O.Ni/c1-13(2)20-11-16-7-3-5-14(18-16)9-10-15-6-4-8-17(12-20)19-15;1-7(9)8-5-3-2-4-6-8;1-2;/h3-8,13H,9-12H2,1-2H3;3-6H,1H3;2H,1H3;/q;-1;;+2. The van der Waals surface area contributed by atoms with Crippen molar-refractivity contribution in [3.05, 3.63) is 95.1 Å². The van der Waals surface area contributed by atoms with Crippen molar-refractivity contribution in [2.45, 2.75) is 52.7 Å². The van der Waals surface area contributed by atoms with Crippen molar-refractivity contribution in [2.75, 3.05) is 7.11 Å². The molecular weight excluding hydrogens is 445 g/mol. The van der Waals surface area contributed by atoms with E-state index in [1.54, 1.807) is 31.2 Å². The molecule has 0 unspecified atom stereocenters. The van der Waals surface area contributed by atoms with E-state index < -0.39 is 0 Å². The third kappa shape index (κ3) is 9.00. The van der Waals surface area contributed by atoms with Crippen LogP contribution in [0.3, 0.4) is 0 Å². The van der Waals surface area contributed by atoms with Crippen LogP contribution in [-0.2, 0) is 42.4 Å². The quantitative estimate of drug-likeness (QED) is 0.339. The van der Waals surface area contributed by atoms with Crippen LogP contribution in [-0.4, -0.2) is 38.9 Å². The SMILES string of the molecule is CC(=O)c1cc[c-]cc1.CC(C)N1Cc2cccc(n2)CCc2cccc(n2)C1.CO.[Ni+2]. The summed E-state index contributed by atoms with van der Waals surface area (Å²) >= 11 is 0. The Morgan fingerprint density at radius 1 is 0.875 bits per heavy atom. The van der Waals surface area contributed by atoms with E-state index in [4.69, 9.17) is 15.1 Å². The van der Waals surface area contributed by atoms with Crippen molar-refractivity contribution in [2.24, 2.45) is 0 Å². The number of hydrogen-bond donors (Lipinski definition) is 1. The Labute approximate surface area is 201 Å². The average Bonchev–Trinajstić information content (AvgIpc) is 2.81. The first-order chi connectivity index (χ1) is 15.0. The number of ketones is 1. The molecule has 1 aliphatic heterocycles. The number of hydrogen-bond acceptors (Lipinski definition) is 5. The summed E-state index contributed by atoms with van der Waals surface area (Å²) in [5, 5.41) is 7.00. The summed E-state index contributed by atoms with van der Waals surface area (Å²) in [7, 11) is 1.00. The smallest absolute Gasteiger partial charge is 0.400 e. The Morgan fingerprint density at radius 3 is 1.69 bits per heavy atom. The van der Waals surface area contributed by atoms with Crippen LogP contribution in [0.25, 0.3) is 0 Å². The van der Waals surface area contributed by atoms with Gasteiger partial charge in [-0.05, 0) is 57.9 Å². The molecule has 0 atom stereocenters. The number of carbonyl (C=O) groups is 1. The maximum atomic E-state index is 10.6. The van der Waals surface area contributed by atoms with E-state index in [2.05, 4.69) is 61.2 Å². The number of rotatable bonds is 2. The van der Waals surface area contributed by atoms with E-state index in [0.29, 0.717) is 6.04 Å². The summed E-state index contributed by atoms with van der Waals surface area (Å²) in [5.41, 5.74) is 5.40. The van der Waals surface area contributed by atoms with Gasteiger partial charge in [-0.25, -0.2) is 0 Å². The predicted octanol–water partition coefficient (Wildman–Crippen LogP) is 4.28. The fraction of sp³-hybridized carbons (Fsp3) is 0.346. The topological polar surface area (TPSA) is 66.3 Å². The van der Waals surface area contributed by atoms with Gasteiger partial charge < -0.3 is 5.11 Å². The molecule has 172 valence electrons. The predicted molar refractivity (Wildman–Crippen MR) is 124 cm³/mol. The molecule has 4 bridgehead atoms. The van der Waals surface area contributed by atoms with Gasteiger partial charge in [0.25, 0.3) is 0 Å². The summed E-state index contributed by atoms with van der Waals surface area (Å²) < 4.78 is 0. The Hall–Kier alpha value is -2.40. The van der Waals surface area contributed by atoms with Crippen LogP contribution in [0.4, 0.5) is 0 Å². The van der Waals surface area contributed by atoms with Crippen molar-refractivity contribution in [3.63, 3.8) is 0 Å². The fourth-order valence-corrected chi connectivity index (χ4v) is 3.23. The molecule has 0 saturated carbocycles. The molecule has 3 aromatic rings. The summed E-state index contributed by atoms with van der Waals surface area (Å²) in [6.07, 6.45) is 1.93. The van der Waals surface area contributed by atoms with Gasteiger partial charge in [0.2, 0.25) is 0 Å². The van der Waals surface area contributed by atoms with Crippen molar-refractivity contribution >= 4 is 5.78 Å². The van der Waals surface area contributed by atoms with Crippen LogP contribution in [0.15, 0.2) is 60.7 Å². The second-order valence-corrected chi connectivity index (χ2v) is 7.58. The largest absolute Gasteiger partial charge is 2.00 e. The summed E-state index contributed by atoms with van der Waals surface area (Å²) in [6.45, 7) is 7.78. The van der Waals surface area contributed by atoms with Crippen molar-refractivity contribution < 1.29 is 26.4 Å². The first-order valence-corrected chi connectivity index (χ1v) is 10.6. The molecular formula is C26H32N3NiO2+. The number of carbonyl (C=O) groups excluding carboxylic acids is 1. The molecule has 0 amide bonds. The number of Topliss-reactive ketones (excluding diaryl/α,β-unsaturated/α-hetero) is 1. The van der Waals surface area contributed by atoms with Gasteiger partial charge in [0.05, 0.1) is 11.4 Å². The van der Waals surface area contributed by atoms with Gasteiger partial charge in [0.15, 0.2) is 0 Å². The van der Waals surface area contributed by atoms with Crippen LogP contribution >= 0.6 is 0 Å². The van der Waals surface area contributed by atoms with Gasteiger partial charge in [0, 0.05) is 37.6 Å². The number of aryl methyl sites for hydroxylation is 2. The van der Waals surface area contributed by atoms with Gasteiger partial charge in [-0.3, -0.25) is 19.7 Å². The Balaban J connectivity index is 0.000000361. The van der Waals surface area contributed by atoms with Gasteiger partial charge in [0.1, 0.15) is 5.78 Å². The van der Waals surface area contributed by atoms with Crippen LogP contribution in [0.1, 0.15) is 53.9 Å². The average molecular weight is 477 g/mol. The molecule has 32 heavy (non-hydrogen) atoms. The minimum atomic E-state index is 0. The van der Waals surface area contributed by atoms with Gasteiger partial charge in [-0.15, -0.1) is 0 Å². The second-order valence-electron chi connectivity index (χ2n) is 7.58.